The largest absolute Gasteiger partial charge is 0.329 e. The summed E-state index contributed by atoms with van der Waals surface area (Å²) in [7, 11) is 6.19. The van der Waals surface area contributed by atoms with Crippen LogP contribution >= 0.6 is 0 Å². The van der Waals surface area contributed by atoms with Gasteiger partial charge in [0.15, 0.2) is 0 Å². The van der Waals surface area contributed by atoms with Crippen molar-refractivity contribution in [1.29, 1.82) is 0 Å². The van der Waals surface area contributed by atoms with Crippen molar-refractivity contribution in [2.24, 2.45) is 7.05 Å². The van der Waals surface area contributed by atoms with Crippen LogP contribution in [0.25, 0.3) is 11.3 Å². The van der Waals surface area contributed by atoms with Gasteiger partial charge in [-0.1, -0.05) is 29.8 Å². The van der Waals surface area contributed by atoms with Gasteiger partial charge >= 0.3 is 0 Å². The van der Waals surface area contributed by atoms with Gasteiger partial charge in [-0.15, -0.1) is 0 Å². The lowest BCUT2D eigenvalue weighted by Gasteiger charge is -2.26. The fraction of sp³-hybridized carbons (Fsp3) is 0.368. The van der Waals surface area contributed by atoms with E-state index < -0.39 is 0 Å². The minimum atomic E-state index is 0.288. The molecule has 1 aromatic carbocycles. The molecule has 0 saturated carbocycles. The van der Waals surface area contributed by atoms with Crippen molar-refractivity contribution in [2.45, 2.75) is 26.4 Å². The van der Waals surface area contributed by atoms with Crippen LogP contribution in [-0.4, -0.2) is 38.3 Å². The van der Waals surface area contributed by atoms with Crippen LogP contribution in [0.3, 0.4) is 0 Å². The molecule has 0 spiro atoms. The first-order chi connectivity index (χ1) is 11.5. The van der Waals surface area contributed by atoms with E-state index in [0.29, 0.717) is 0 Å². The number of likely N-dealkylation sites (N-methyl/N-ethyl adjacent to an activating group) is 1. The van der Waals surface area contributed by atoms with Crippen LogP contribution in [0.15, 0.2) is 43.0 Å². The molecule has 5 nitrogen and oxygen atoms in total. The molecule has 3 aromatic rings. The van der Waals surface area contributed by atoms with Crippen molar-refractivity contribution in [3.05, 3.63) is 59.8 Å². The quantitative estimate of drug-likeness (QED) is 0.724. The zero-order chi connectivity index (χ0) is 17.3. The van der Waals surface area contributed by atoms with Crippen LogP contribution in [0.4, 0.5) is 0 Å². The Morgan fingerprint density at radius 2 is 1.83 bits per heavy atom. The summed E-state index contributed by atoms with van der Waals surface area (Å²) in [6, 6.07) is 9.06. The molecule has 24 heavy (non-hydrogen) atoms. The van der Waals surface area contributed by atoms with Gasteiger partial charge in [0.25, 0.3) is 0 Å². The first-order valence-corrected chi connectivity index (χ1v) is 8.19. The molecule has 1 atom stereocenters. The number of nitrogens with zero attached hydrogens (tertiary/aromatic N) is 5. The molecule has 126 valence electrons. The van der Waals surface area contributed by atoms with E-state index in [4.69, 9.17) is 0 Å². The summed E-state index contributed by atoms with van der Waals surface area (Å²) in [6.45, 7) is 5.00. The zero-order valence-corrected chi connectivity index (χ0v) is 15.1. The molecule has 0 bridgehead atoms. The molecular weight excluding hydrogens is 298 g/mol. The molecule has 0 radical (unpaired) electrons. The molecule has 0 N–H and O–H groups in total. The van der Waals surface area contributed by atoms with Gasteiger partial charge in [-0.05, 0) is 33.5 Å². The Kier molecular flexibility index (Phi) is 4.53. The van der Waals surface area contributed by atoms with Crippen molar-refractivity contribution in [2.75, 3.05) is 14.1 Å². The van der Waals surface area contributed by atoms with E-state index in [0.717, 1.165) is 23.5 Å². The minimum absolute atomic E-state index is 0.288. The Morgan fingerprint density at radius 1 is 1.12 bits per heavy atom. The lowest BCUT2D eigenvalue weighted by Crippen LogP contribution is -2.24. The summed E-state index contributed by atoms with van der Waals surface area (Å²) in [6.07, 6.45) is 5.89. The molecular formula is C19H25N5. The molecule has 0 saturated heterocycles. The molecule has 1 unspecified atom stereocenters. The topological polar surface area (TPSA) is 38.9 Å². The third-order valence-electron chi connectivity index (χ3n) is 4.46. The van der Waals surface area contributed by atoms with Crippen LogP contribution in [0, 0.1) is 13.8 Å². The fourth-order valence-corrected chi connectivity index (χ4v) is 3.08. The summed E-state index contributed by atoms with van der Waals surface area (Å²) in [4.78, 5) is 6.63. The third kappa shape index (κ3) is 3.26. The van der Waals surface area contributed by atoms with E-state index in [1.54, 1.807) is 0 Å². The lowest BCUT2D eigenvalue weighted by molar-refractivity contribution is 0.269. The average molecular weight is 323 g/mol. The van der Waals surface area contributed by atoms with E-state index in [1.165, 1.54) is 11.1 Å². The van der Waals surface area contributed by atoms with E-state index in [9.17, 15) is 0 Å². The highest BCUT2D eigenvalue weighted by Gasteiger charge is 2.18. The van der Waals surface area contributed by atoms with Gasteiger partial charge in [0.2, 0.25) is 0 Å². The lowest BCUT2D eigenvalue weighted by atomic mass is 10.0. The van der Waals surface area contributed by atoms with Gasteiger partial charge in [-0.3, -0.25) is 4.68 Å². The second-order valence-electron chi connectivity index (χ2n) is 6.62. The summed E-state index contributed by atoms with van der Waals surface area (Å²) in [5.74, 6) is 0. The molecule has 3 rings (SSSR count). The molecule has 2 aromatic heterocycles. The number of aryl methyl sites for hydroxylation is 3. The van der Waals surface area contributed by atoms with Crippen LogP contribution in [-0.2, 0) is 13.6 Å². The highest BCUT2D eigenvalue weighted by molar-refractivity contribution is 5.60. The second-order valence-corrected chi connectivity index (χ2v) is 6.62. The molecule has 0 aliphatic carbocycles. The normalized spacial score (nSPS) is 12.8. The molecule has 2 heterocycles. The van der Waals surface area contributed by atoms with Gasteiger partial charge in [-0.25, -0.2) is 4.98 Å². The van der Waals surface area contributed by atoms with Crippen molar-refractivity contribution < 1.29 is 0 Å². The third-order valence-corrected chi connectivity index (χ3v) is 4.46. The maximum atomic E-state index is 4.46. The zero-order valence-electron chi connectivity index (χ0n) is 15.1. The highest BCUT2D eigenvalue weighted by atomic mass is 15.3. The van der Waals surface area contributed by atoms with Gasteiger partial charge in [-0.2, -0.15) is 5.10 Å². The maximum absolute atomic E-state index is 4.46. The molecule has 0 aliphatic rings. The smallest absolute Gasteiger partial charge is 0.0951 e. The molecule has 0 aliphatic heterocycles. The predicted molar refractivity (Wildman–Crippen MR) is 96.8 cm³/mol. The molecule has 0 amide bonds. The standard InChI is InChI=1S/C19H25N5/c1-14-6-8-16(9-7-14)19(22(3)4)12-24-13-20-10-18(24)17-11-23(5)21-15(17)2/h6-11,13,19H,12H2,1-5H3. The second kappa shape index (κ2) is 6.61. The Labute approximate surface area is 143 Å². The monoisotopic (exact) mass is 323 g/mol. The van der Waals surface area contributed by atoms with Gasteiger partial charge in [0.05, 0.1) is 30.0 Å². The van der Waals surface area contributed by atoms with E-state index in [-0.39, 0.29) is 6.04 Å². The van der Waals surface area contributed by atoms with Crippen molar-refractivity contribution in [3.8, 4) is 11.3 Å². The van der Waals surface area contributed by atoms with E-state index in [2.05, 4.69) is 71.0 Å². The summed E-state index contributed by atoms with van der Waals surface area (Å²) in [5, 5.41) is 4.46. The van der Waals surface area contributed by atoms with Crippen molar-refractivity contribution in [3.63, 3.8) is 0 Å². The Balaban J connectivity index is 1.93. The molecule has 5 heteroatoms. The summed E-state index contributed by atoms with van der Waals surface area (Å²) >= 11 is 0. The first kappa shape index (κ1) is 16.5. The Morgan fingerprint density at radius 3 is 2.42 bits per heavy atom. The summed E-state index contributed by atoms with van der Waals surface area (Å²) in [5.41, 5.74) is 5.87. The van der Waals surface area contributed by atoms with E-state index >= 15 is 0 Å². The summed E-state index contributed by atoms with van der Waals surface area (Å²) < 4.78 is 4.07. The van der Waals surface area contributed by atoms with Crippen molar-refractivity contribution in [1.82, 2.24) is 24.2 Å². The maximum Gasteiger partial charge on any atom is 0.0951 e. The highest BCUT2D eigenvalue weighted by Crippen LogP contribution is 2.26. The predicted octanol–water partition coefficient (Wildman–Crippen LogP) is 3.20. The number of hydrogen-bond donors (Lipinski definition) is 0. The Hall–Kier alpha value is -2.40. The number of aromatic nitrogens is 4. The number of imidazole rings is 1. The number of rotatable bonds is 5. The fourth-order valence-electron chi connectivity index (χ4n) is 3.08. The van der Waals surface area contributed by atoms with Crippen LogP contribution in [0.5, 0.6) is 0 Å². The molecule has 0 fully saturated rings. The van der Waals surface area contributed by atoms with Crippen LogP contribution in [0.2, 0.25) is 0 Å². The number of benzene rings is 1. The minimum Gasteiger partial charge on any atom is -0.329 e. The van der Waals surface area contributed by atoms with Gasteiger partial charge in [0, 0.05) is 25.4 Å². The number of hydrogen-bond acceptors (Lipinski definition) is 3. The first-order valence-electron chi connectivity index (χ1n) is 8.19. The van der Waals surface area contributed by atoms with Crippen LogP contribution in [0.1, 0.15) is 22.9 Å². The van der Waals surface area contributed by atoms with Crippen LogP contribution < -0.4 is 0 Å². The average Bonchev–Trinajstić information content (AvgIpc) is 3.11. The SMILES string of the molecule is Cc1ccc(C(Cn2cncc2-c2cn(C)nc2C)N(C)C)cc1. The van der Waals surface area contributed by atoms with Gasteiger partial charge < -0.3 is 9.47 Å². The van der Waals surface area contributed by atoms with E-state index in [1.807, 2.05) is 31.2 Å². The Bertz CT molecular complexity index is 811. The van der Waals surface area contributed by atoms with Crippen molar-refractivity contribution >= 4 is 0 Å². The van der Waals surface area contributed by atoms with Gasteiger partial charge in [0.1, 0.15) is 0 Å².